The zero-order chi connectivity index (χ0) is 12.0. The van der Waals surface area contributed by atoms with E-state index in [1.807, 2.05) is 4.90 Å². The lowest BCUT2D eigenvalue weighted by Gasteiger charge is -2.35. The molecule has 3 rings (SSSR count). The van der Waals surface area contributed by atoms with Crippen LogP contribution in [-0.2, 0) is 0 Å². The summed E-state index contributed by atoms with van der Waals surface area (Å²) in [7, 11) is 0. The summed E-state index contributed by atoms with van der Waals surface area (Å²) >= 11 is 1.23. The van der Waals surface area contributed by atoms with Crippen molar-refractivity contribution < 1.29 is 4.79 Å². The van der Waals surface area contributed by atoms with E-state index in [2.05, 4.69) is 28.8 Å². The topological polar surface area (TPSA) is 58.1 Å². The number of hydrogen-bond donors (Lipinski definition) is 1. The fourth-order valence-electron chi connectivity index (χ4n) is 3.16. The number of amides is 1. The van der Waals surface area contributed by atoms with Gasteiger partial charge in [0.1, 0.15) is 0 Å². The number of fused-ring (bicyclic) bond motifs is 1. The number of nitrogens with zero attached hydrogens (tertiary/aromatic N) is 3. The molecule has 6 heteroatoms. The third kappa shape index (κ3) is 1.58. The van der Waals surface area contributed by atoms with Gasteiger partial charge in [0.15, 0.2) is 5.69 Å². The highest BCUT2D eigenvalue weighted by Crippen LogP contribution is 2.41. The maximum atomic E-state index is 12.4. The lowest BCUT2D eigenvalue weighted by molar-refractivity contribution is 0.0597. The molecule has 2 aliphatic heterocycles. The Morgan fingerprint density at radius 1 is 1.59 bits per heavy atom. The van der Waals surface area contributed by atoms with Crippen LogP contribution in [0.2, 0.25) is 0 Å². The first-order valence-electron chi connectivity index (χ1n) is 5.90. The zero-order valence-corrected chi connectivity index (χ0v) is 10.8. The molecule has 1 aromatic heterocycles. The van der Waals surface area contributed by atoms with Crippen molar-refractivity contribution in [3.8, 4) is 0 Å². The summed E-state index contributed by atoms with van der Waals surface area (Å²) < 4.78 is 3.77. The third-order valence-corrected chi connectivity index (χ3v) is 4.69. The molecule has 2 atom stereocenters. The van der Waals surface area contributed by atoms with Gasteiger partial charge in [-0.2, -0.15) is 0 Å². The Kier molecular flexibility index (Phi) is 2.45. The molecule has 1 amide bonds. The second-order valence-corrected chi connectivity index (χ2v) is 5.99. The minimum Gasteiger partial charge on any atom is -0.331 e. The van der Waals surface area contributed by atoms with E-state index in [9.17, 15) is 4.79 Å². The van der Waals surface area contributed by atoms with Crippen LogP contribution >= 0.6 is 11.5 Å². The second kappa shape index (κ2) is 3.74. The van der Waals surface area contributed by atoms with E-state index in [-0.39, 0.29) is 11.4 Å². The van der Waals surface area contributed by atoms with Crippen molar-refractivity contribution in [1.82, 2.24) is 19.8 Å². The Hall–Kier alpha value is -1.01. The molecule has 0 aliphatic carbocycles. The van der Waals surface area contributed by atoms with Gasteiger partial charge in [-0.05, 0) is 37.2 Å². The highest BCUT2D eigenvalue weighted by molar-refractivity contribution is 7.03. The number of nitrogens with one attached hydrogen (secondary N) is 1. The number of carbonyl (C=O) groups is 1. The van der Waals surface area contributed by atoms with Gasteiger partial charge < -0.3 is 10.2 Å². The van der Waals surface area contributed by atoms with Crippen LogP contribution in [0.15, 0.2) is 5.38 Å². The number of hydrogen-bond acceptors (Lipinski definition) is 5. The summed E-state index contributed by atoms with van der Waals surface area (Å²) in [6.07, 6.45) is 0. The highest BCUT2D eigenvalue weighted by Gasteiger charge is 2.51. The fraction of sp³-hybridized carbons (Fsp3) is 0.727. The molecular formula is C11H16N4OS. The largest absolute Gasteiger partial charge is 0.331 e. The van der Waals surface area contributed by atoms with Crippen molar-refractivity contribution in [2.24, 2.45) is 11.8 Å². The van der Waals surface area contributed by atoms with E-state index >= 15 is 0 Å². The van der Waals surface area contributed by atoms with Crippen LogP contribution in [0.1, 0.15) is 24.3 Å². The van der Waals surface area contributed by atoms with Gasteiger partial charge in [0.2, 0.25) is 0 Å². The average Bonchev–Trinajstić information content (AvgIpc) is 2.97. The molecule has 0 aromatic carbocycles. The molecule has 0 spiro atoms. The van der Waals surface area contributed by atoms with Crippen molar-refractivity contribution in [2.45, 2.75) is 19.4 Å². The molecule has 1 N–H and O–H groups in total. The van der Waals surface area contributed by atoms with Gasteiger partial charge in [0.25, 0.3) is 5.91 Å². The molecule has 0 saturated carbocycles. The maximum absolute atomic E-state index is 12.4. The lowest BCUT2D eigenvalue weighted by atomic mass is 9.85. The van der Waals surface area contributed by atoms with E-state index < -0.39 is 0 Å². The Morgan fingerprint density at radius 2 is 2.41 bits per heavy atom. The van der Waals surface area contributed by atoms with Gasteiger partial charge in [-0.1, -0.05) is 4.49 Å². The molecule has 2 unspecified atom stereocenters. The molecule has 2 fully saturated rings. The summed E-state index contributed by atoms with van der Waals surface area (Å²) in [6, 6.07) is 0. The molecule has 5 nitrogen and oxygen atoms in total. The SMILES string of the molecule is CC1(C)C2CNCC2CN1C(=O)c1csnn1. The van der Waals surface area contributed by atoms with Gasteiger partial charge in [-0.15, -0.1) is 5.10 Å². The van der Waals surface area contributed by atoms with Gasteiger partial charge in [-0.3, -0.25) is 4.79 Å². The van der Waals surface area contributed by atoms with Gasteiger partial charge in [0.05, 0.1) is 0 Å². The van der Waals surface area contributed by atoms with Crippen molar-refractivity contribution >= 4 is 17.4 Å². The Morgan fingerprint density at radius 3 is 3.06 bits per heavy atom. The number of aromatic nitrogens is 2. The molecule has 92 valence electrons. The summed E-state index contributed by atoms with van der Waals surface area (Å²) in [4.78, 5) is 14.3. The Labute approximate surface area is 104 Å². The van der Waals surface area contributed by atoms with Crippen LogP contribution in [0.3, 0.4) is 0 Å². The zero-order valence-electron chi connectivity index (χ0n) is 10.0. The lowest BCUT2D eigenvalue weighted by Crippen LogP contribution is -2.47. The monoisotopic (exact) mass is 252 g/mol. The van der Waals surface area contributed by atoms with Crippen LogP contribution < -0.4 is 5.32 Å². The average molecular weight is 252 g/mol. The summed E-state index contributed by atoms with van der Waals surface area (Å²) in [5.74, 6) is 1.16. The summed E-state index contributed by atoms with van der Waals surface area (Å²) in [6.45, 7) is 7.18. The Balaban J connectivity index is 1.87. The molecular weight excluding hydrogens is 236 g/mol. The van der Waals surface area contributed by atoms with Crippen LogP contribution in [0.4, 0.5) is 0 Å². The predicted octanol–water partition coefficient (Wildman–Crippen LogP) is 0.608. The van der Waals surface area contributed by atoms with E-state index in [0.29, 0.717) is 17.5 Å². The molecule has 0 bridgehead atoms. The Bertz CT molecular complexity index is 431. The van der Waals surface area contributed by atoms with Gasteiger partial charge in [0, 0.05) is 30.6 Å². The van der Waals surface area contributed by atoms with Crippen molar-refractivity contribution in [3.05, 3.63) is 11.1 Å². The first-order chi connectivity index (χ1) is 8.10. The van der Waals surface area contributed by atoms with Crippen LogP contribution in [0.5, 0.6) is 0 Å². The molecule has 17 heavy (non-hydrogen) atoms. The molecule has 3 heterocycles. The quantitative estimate of drug-likeness (QED) is 0.795. The standard InChI is InChI=1S/C11H16N4OS/c1-11(2)8-4-12-3-7(8)5-15(11)10(16)9-6-17-14-13-9/h6-8,12H,3-5H2,1-2H3. The summed E-state index contributed by atoms with van der Waals surface area (Å²) in [5.41, 5.74) is 0.394. The molecule has 2 saturated heterocycles. The van der Waals surface area contributed by atoms with Crippen molar-refractivity contribution in [3.63, 3.8) is 0 Å². The minimum atomic E-state index is -0.0884. The van der Waals surface area contributed by atoms with E-state index in [1.54, 1.807) is 5.38 Å². The smallest absolute Gasteiger partial charge is 0.275 e. The second-order valence-electron chi connectivity index (χ2n) is 5.38. The maximum Gasteiger partial charge on any atom is 0.275 e. The minimum absolute atomic E-state index is 0.0261. The van der Waals surface area contributed by atoms with Crippen molar-refractivity contribution in [1.29, 1.82) is 0 Å². The molecule has 0 radical (unpaired) electrons. The molecule has 1 aromatic rings. The van der Waals surface area contributed by atoms with Crippen LogP contribution in [-0.4, -0.2) is 45.6 Å². The number of likely N-dealkylation sites (tertiary alicyclic amines) is 1. The molecule has 2 aliphatic rings. The van der Waals surface area contributed by atoms with Gasteiger partial charge >= 0.3 is 0 Å². The first-order valence-corrected chi connectivity index (χ1v) is 6.74. The number of carbonyl (C=O) groups excluding carboxylic acids is 1. The summed E-state index contributed by atoms with van der Waals surface area (Å²) in [5, 5.41) is 9.02. The van der Waals surface area contributed by atoms with Gasteiger partial charge in [-0.25, -0.2) is 0 Å². The number of rotatable bonds is 1. The van der Waals surface area contributed by atoms with E-state index in [4.69, 9.17) is 0 Å². The first kappa shape index (κ1) is 11.1. The highest BCUT2D eigenvalue weighted by atomic mass is 32.1. The van der Waals surface area contributed by atoms with Crippen LogP contribution in [0, 0.1) is 11.8 Å². The third-order valence-electron chi connectivity index (χ3n) is 4.18. The normalized spacial score (nSPS) is 30.6. The van der Waals surface area contributed by atoms with E-state index in [1.165, 1.54) is 11.5 Å². The van der Waals surface area contributed by atoms with Crippen molar-refractivity contribution in [2.75, 3.05) is 19.6 Å². The van der Waals surface area contributed by atoms with Crippen LogP contribution in [0.25, 0.3) is 0 Å². The van der Waals surface area contributed by atoms with E-state index in [0.717, 1.165) is 19.6 Å². The fourth-order valence-corrected chi connectivity index (χ4v) is 3.59. The predicted molar refractivity (Wildman–Crippen MR) is 64.9 cm³/mol.